The van der Waals surface area contributed by atoms with Crippen LogP contribution in [0.1, 0.15) is 5.56 Å². The first kappa shape index (κ1) is 20.8. The van der Waals surface area contributed by atoms with Crippen molar-refractivity contribution in [3.05, 3.63) is 42.0 Å². The first-order valence-corrected chi connectivity index (χ1v) is 9.83. The van der Waals surface area contributed by atoms with Gasteiger partial charge in [-0.25, -0.2) is 8.42 Å². The molecule has 0 heterocycles. The van der Waals surface area contributed by atoms with Crippen LogP contribution in [0.3, 0.4) is 0 Å². The van der Waals surface area contributed by atoms with Gasteiger partial charge >= 0.3 is 6.18 Å². The van der Waals surface area contributed by atoms with Gasteiger partial charge in [-0.1, -0.05) is 0 Å². The van der Waals surface area contributed by atoms with E-state index in [1.807, 2.05) is 4.72 Å². The molecule has 0 atom stereocenters. The van der Waals surface area contributed by atoms with Crippen molar-refractivity contribution in [2.75, 3.05) is 17.6 Å². The van der Waals surface area contributed by atoms with Gasteiger partial charge in [0.05, 0.1) is 28.2 Å². The van der Waals surface area contributed by atoms with Gasteiger partial charge in [0.15, 0.2) is 0 Å². The number of nitrogens with two attached hydrogens (primary N) is 1. The maximum Gasteiger partial charge on any atom is 0.418 e. The zero-order chi connectivity index (χ0) is 20.6. The van der Waals surface area contributed by atoms with Gasteiger partial charge in [0, 0.05) is 5.69 Å². The lowest BCUT2D eigenvalue weighted by atomic mass is 10.2. The van der Waals surface area contributed by atoms with Gasteiger partial charge in [0.25, 0.3) is 20.1 Å². The molecular formula is C14H13F3N2O6S2. The average Bonchev–Trinajstić information content (AvgIpc) is 2.52. The predicted octanol–water partition coefficient (Wildman–Crippen LogP) is 2.34. The number of ether oxygens (including phenoxy) is 1. The van der Waals surface area contributed by atoms with Gasteiger partial charge in [0.2, 0.25) is 0 Å². The summed E-state index contributed by atoms with van der Waals surface area (Å²) in [6.45, 7) is 0. The summed E-state index contributed by atoms with van der Waals surface area (Å²) in [5.74, 6) is -0.127. The van der Waals surface area contributed by atoms with Crippen molar-refractivity contribution in [3.63, 3.8) is 0 Å². The summed E-state index contributed by atoms with van der Waals surface area (Å²) in [5, 5.41) is 0. The predicted molar refractivity (Wildman–Crippen MR) is 89.5 cm³/mol. The fourth-order valence-corrected chi connectivity index (χ4v) is 3.67. The van der Waals surface area contributed by atoms with Crippen molar-refractivity contribution in [1.82, 2.24) is 0 Å². The molecule has 0 radical (unpaired) electrons. The summed E-state index contributed by atoms with van der Waals surface area (Å²) in [7, 11) is -8.07. The van der Waals surface area contributed by atoms with Crippen LogP contribution in [0.25, 0.3) is 0 Å². The molecule has 13 heteroatoms. The van der Waals surface area contributed by atoms with E-state index in [0.717, 1.165) is 37.4 Å². The molecule has 0 amide bonds. The molecule has 2 rings (SSSR count). The zero-order valence-corrected chi connectivity index (χ0v) is 15.1. The molecule has 0 unspecified atom stereocenters. The summed E-state index contributed by atoms with van der Waals surface area (Å²) in [4.78, 5) is -1.40. The first-order valence-electron chi connectivity index (χ1n) is 6.91. The molecule has 0 aliphatic rings. The van der Waals surface area contributed by atoms with Crippen LogP contribution in [0, 0.1) is 0 Å². The van der Waals surface area contributed by atoms with Gasteiger partial charge in [0.1, 0.15) is 5.75 Å². The summed E-state index contributed by atoms with van der Waals surface area (Å²) in [6, 6.07) is 4.75. The molecule has 0 bridgehead atoms. The van der Waals surface area contributed by atoms with Gasteiger partial charge < -0.3 is 10.5 Å². The third-order valence-corrected chi connectivity index (χ3v) is 5.57. The van der Waals surface area contributed by atoms with E-state index < -0.39 is 53.0 Å². The van der Waals surface area contributed by atoms with E-state index >= 15 is 0 Å². The average molecular weight is 426 g/mol. The number of anilines is 2. The van der Waals surface area contributed by atoms with Crippen molar-refractivity contribution in [2.45, 2.75) is 16.0 Å². The van der Waals surface area contributed by atoms with E-state index in [4.69, 9.17) is 15.0 Å². The molecule has 0 aromatic heterocycles. The number of hydrogen-bond donors (Lipinski definition) is 3. The molecule has 2 aromatic carbocycles. The molecular weight excluding hydrogens is 413 g/mol. The highest BCUT2D eigenvalue weighted by atomic mass is 32.2. The summed E-state index contributed by atoms with van der Waals surface area (Å²) < 4.78 is 102. The van der Waals surface area contributed by atoms with Gasteiger partial charge in [-0.05, 0) is 36.4 Å². The summed E-state index contributed by atoms with van der Waals surface area (Å²) in [6.07, 6.45) is -4.88. The van der Waals surface area contributed by atoms with Crippen LogP contribution in [0.2, 0.25) is 0 Å². The monoisotopic (exact) mass is 426 g/mol. The van der Waals surface area contributed by atoms with Gasteiger partial charge in [-0.3, -0.25) is 9.27 Å². The molecule has 0 fully saturated rings. The lowest BCUT2D eigenvalue weighted by Gasteiger charge is -2.15. The Hall–Kier alpha value is -2.51. The van der Waals surface area contributed by atoms with Crippen LogP contribution in [-0.2, 0) is 26.3 Å². The Morgan fingerprint density at radius 3 is 2.15 bits per heavy atom. The van der Waals surface area contributed by atoms with E-state index in [-0.39, 0.29) is 5.75 Å². The highest BCUT2D eigenvalue weighted by Gasteiger charge is 2.34. The van der Waals surface area contributed by atoms with Gasteiger partial charge in [-0.15, -0.1) is 0 Å². The van der Waals surface area contributed by atoms with E-state index in [2.05, 4.69) is 0 Å². The molecule has 0 saturated carbocycles. The molecule has 148 valence electrons. The minimum Gasteiger partial charge on any atom is -0.495 e. The maximum atomic E-state index is 12.9. The smallest absolute Gasteiger partial charge is 0.418 e. The third kappa shape index (κ3) is 4.61. The number of halogens is 3. The molecule has 8 nitrogen and oxygen atoms in total. The number of benzene rings is 2. The summed E-state index contributed by atoms with van der Waals surface area (Å²) >= 11 is 0. The summed E-state index contributed by atoms with van der Waals surface area (Å²) in [5.41, 5.74) is 2.83. The second-order valence-electron chi connectivity index (χ2n) is 5.19. The Bertz CT molecular complexity index is 1080. The molecule has 4 N–H and O–H groups in total. The second-order valence-corrected chi connectivity index (χ2v) is 8.29. The molecule has 0 aliphatic heterocycles. The van der Waals surface area contributed by atoms with Crippen molar-refractivity contribution >= 4 is 31.5 Å². The fourth-order valence-electron chi connectivity index (χ4n) is 2.08. The Morgan fingerprint density at radius 1 is 1.04 bits per heavy atom. The van der Waals surface area contributed by atoms with Crippen LogP contribution in [0.4, 0.5) is 24.5 Å². The number of methoxy groups -OCH3 is 1. The Labute approximate surface area is 152 Å². The number of nitrogen functional groups attached to an aromatic ring is 1. The molecule has 27 heavy (non-hydrogen) atoms. The standard InChI is InChI=1S/C14H13F3N2O6S2/c1-25-13-5-3-9(27(22,23)24)7-12(13)19-26(20,21)8-2-4-11(18)10(6-8)14(15,16)17/h2-7,19H,18H2,1H3,(H,22,23,24). The van der Waals surface area contributed by atoms with Crippen molar-refractivity contribution in [2.24, 2.45) is 0 Å². The van der Waals surface area contributed by atoms with Gasteiger partial charge in [-0.2, -0.15) is 21.6 Å². The van der Waals surface area contributed by atoms with E-state index in [1.165, 1.54) is 0 Å². The molecule has 0 spiro atoms. The van der Waals surface area contributed by atoms with Crippen LogP contribution in [0.5, 0.6) is 5.75 Å². The van der Waals surface area contributed by atoms with Crippen LogP contribution >= 0.6 is 0 Å². The number of hydrogen-bond acceptors (Lipinski definition) is 6. The lowest BCUT2D eigenvalue weighted by molar-refractivity contribution is -0.137. The molecule has 0 saturated heterocycles. The topological polar surface area (TPSA) is 136 Å². The number of alkyl halides is 3. The van der Waals surface area contributed by atoms with Crippen molar-refractivity contribution in [3.8, 4) is 5.75 Å². The van der Waals surface area contributed by atoms with Crippen molar-refractivity contribution < 1.29 is 39.3 Å². The van der Waals surface area contributed by atoms with E-state index in [1.54, 1.807) is 0 Å². The van der Waals surface area contributed by atoms with E-state index in [0.29, 0.717) is 6.07 Å². The third-order valence-electron chi connectivity index (χ3n) is 3.35. The SMILES string of the molecule is COc1ccc(S(=O)(=O)O)cc1NS(=O)(=O)c1ccc(N)c(C(F)(F)F)c1. The maximum absolute atomic E-state index is 12.9. The minimum atomic E-state index is -4.88. The highest BCUT2D eigenvalue weighted by molar-refractivity contribution is 7.92. The number of sulfonamides is 1. The zero-order valence-electron chi connectivity index (χ0n) is 13.5. The fraction of sp³-hybridized carbons (Fsp3) is 0.143. The Balaban J connectivity index is 2.54. The number of nitrogens with one attached hydrogen (secondary N) is 1. The largest absolute Gasteiger partial charge is 0.495 e. The lowest BCUT2D eigenvalue weighted by Crippen LogP contribution is -2.16. The normalized spacial score (nSPS) is 12.6. The molecule has 2 aromatic rings. The van der Waals surface area contributed by atoms with Crippen molar-refractivity contribution in [1.29, 1.82) is 0 Å². The Morgan fingerprint density at radius 2 is 1.63 bits per heavy atom. The quantitative estimate of drug-likeness (QED) is 0.493. The number of rotatable bonds is 5. The minimum absolute atomic E-state index is 0.127. The highest BCUT2D eigenvalue weighted by Crippen LogP contribution is 2.36. The van der Waals surface area contributed by atoms with Crippen LogP contribution < -0.4 is 15.2 Å². The van der Waals surface area contributed by atoms with E-state index in [9.17, 15) is 30.0 Å². The Kier molecular flexibility index (Phi) is 5.32. The van der Waals surface area contributed by atoms with Crippen LogP contribution in [-0.4, -0.2) is 28.5 Å². The van der Waals surface area contributed by atoms with Crippen LogP contribution in [0.15, 0.2) is 46.2 Å². The second kappa shape index (κ2) is 6.90. The molecule has 0 aliphatic carbocycles. The first-order chi connectivity index (χ1) is 12.3.